The Morgan fingerprint density at radius 1 is 1.45 bits per heavy atom. The van der Waals surface area contributed by atoms with Crippen LogP contribution in [0.4, 0.5) is 4.39 Å². The van der Waals surface area contributed by atoms with Crippen LogP contribution < -0.4 is 0 Å². The van der Waals surface area contributed by atoms with Crippen LogP contribution in [0.2, 0.25) is 0 Å². The summed E-state index contributed by atoms with van der Waals surface area (Å²) in [5, 5.41) is 0. The number of aryl methyl sites for hydroxylation is 1. The molecular formula is C16H22FNO2. The van der Waals surface area contributed by atoms with Gasteiger partial charge in [0.1, 0.15) is 5.82 Å². The van der Waals surface area contributed by atoms with Crippen LogP contribution in [-0.4, -0.2) is 42.5 Å². The summed E-state index contributed by atoms with van der Waals surface area (Å²) in [7, 11) is 0. The predicted molar refractivity (Wildman–Crippen MR) is 76.6 cm³/mol. The van der Waals surface area contributed by atoms with Crippen LogP contribution in [0.5, 0.6) is 0 Å². The highest BCUT2D eigenvalue weighted by Crippen LogP contribution is 2.17. The van der Waals surface area contributed by atoms with Crippen LogP contribution in [0, 0.1) is 12.7 Å². The van der Waals surface area contributed by atoms with Crippen LogP contribution in [0.3, 0.4) is 0 Å². The Kier molecular flexibility index (Phi) is 4.55. The van der Waals surface area contributed by atoms with Gasteiger partial charge in [-0.3, -0.25) is 9.69 Å². The first kappa shape index (κ1) is 15.1. The lowest BCUT2D eigenvalue weighted by Crippen LogP contribution is -2.48. The van der Waals surface area contributed by atoms with E-state index in [0.717, 1.165) is 13.1 Å². The molecule has 0 atom stereocenters. The molecule has 20 heavy (non-hydrogen) atoms. The summed E-state index contributed by atoms with van der Waals surface area (Å²) in [5.41, 5.74) is 0.870. The molecule has 0 N–H and O–H groups in total. The molecule has 2 rings (SSSR count). The van der Waals surface area contributed by atoms with Gasteiger partial charge < -0.3 is 4.74 Å². The number of hydrogen-bond donors (Lipinski definition) is 0. The summed E-state index contributed by atoms with van der Waals surface area (Å²) < 4.78 is 19.1. The minimum atomic E-state index is -0.316. The Morgan fingerprint density at radius 2 is 2.20 bits per heavy atom. The lowest BCUT2D eigenvalue weighted by molar-refractivity contribution is -0.0855. The number of nitrogens with zero attached hydrogens (tertiary/aromatic N) is 1. The fraction of sp³-hybridized carbons (Fsp3) is 0.562. The average Bonchev–Trinajstić information content (AvgIpc) is 2.38. The second kappa shape index (κ2) is 6.02. The molecule has 0 unspecified atom stereocenters. The van der Waals surface area contributed by atoms with Crippen LogP contribution in [0.1, 0.15) is 36.2 Å². The zero-order valence-corrected chi connectivity index (χ0v) is 12.4. The molecule has 0 radical (unpaired) electrons. The third-order valence-corrected chi connectivity index (χ3v) is 3.65. The van der Waals surface area contributed by atoms with E-state index in [9.17, 15) is 9.18 Å². The van der Waals surface area contributed by atoms with E-state index in [1.807, 2.05) is 0 Å². The van der Waals surface area contributed by atoms with Crippen molar-refractivity contribution >= 4 is 5.78 Å². The van der Waals surface area contributed by atoms with Crippen LogP contribution >= 0.6 is 0 Å². The van der Waals surface area contributed by atoms with E-state index >= 15 is 0 Å². The standard InChI is InChI=1S/C16H22FNO2/c1-12-4-5-13(10-14(12)17)15(19)6-7-18-8-9-20-16(2,3)11-18/h4-5,10H,6-9,11H2,1-3H3. The van der Waals surface area contributed by atoms with Crippen molar-refractivity contribution in [3.63, 3.8) is 0 Å². The minimum absolute atomic E-state index is 0.00630. The molecule has 0 aliphatic carbocycles. The number of ketones is 1. The molecule has 0 amide bonds. The van der Waals surface area contributed by atoms with E-state index in [1.54, 1.807) is 19.1 Å². The van der Waals surface area contributed by atoms with E-state index in [2.05, 4.69) is 18.7 Å². The highest BCUT2D eigenvalue weighted by Gasteiger charge is 2.27. The molecule has 0 spiro atoms. The molecule has 1 heterocycles. The Balaban J connectivity index is 1.90. The number of ether oxygens (including phenoxy) is 1. The molecule has 0 saturated carbocycles. The number of hydrogen-bond acceptors (Lipinski definition) is 3. The number of benzene rings is 1. The van der Waals surface area contributed by atoms with E-state index in [4.69, 9.17) is 4.74 Å². The number of morpholine rings is 1. The molecular weight excluding hydrogens is 257 g/mol. The van der Waals surface area contributed by atoms with Crippen molar-refractivity contribution in [1.82, 2.24) is 4.90 Å². The average molecular weight is 279 g/mol. The maximum atomic E-state index is 13.5. The Bertz CT molecular complexity index is 499. The number of carbonyl (C=O) groups is 1. The summed E-state index contributed by atoms with van der Waals surface area (Å²) in [6.07, 6.45) is 0.415. The third kappa shape index (κ3) is 3.87. The van der Waals surface area contributed by atoms with Crippen molar-refractivity contribution in [3.8, 4) is 0 Å². The fourth-order valence-corrected chi connectivity index (χ4v) is 2.48. The number of carbonyl (C=O) groups excluding carboxylic acids is 1. The topological polar surface area (TPSA) is 29.5 Å². The monoisotopic (exact) mass is 279 g/mol. The van der Waals surface area contributed by atoms with Crippen molar-refractivity contribution < 1.29 is 13.9 Å². The third-order valence-electron chi connectivity index (χ3n) is 3.65. The summed E-state index contributed by atoms with van der Waals surface area (Å²) in [6.45, 7) is 8.86. The smallest absolute Gasteiger partial charge is 0.164 e. The molecule has 3 nitrogen and oxygen atoms in total. The normalized spacial score (nSPS) is 19.0. The largest absolute Gasteiger partial charge is 0.373 e. The van der Waals surface area contributed by atoms with Crippen LogP contribution in [0.25, 0.3) is 0 Å². The van der Waals surface area contributed by atoms with Gasteiger partial charge in [0.2, 0.25) is 0 Å². The van der Waals surface area contributed by atoms with Gasteiger partial charge in [0.25, 0.3) is 0 Å². The SMILES string of the molecule is Cc1ccc(C(=O)CCN2CCOC(C)(C)C2)cc1F. The first-order valence-corrected chi connectivity index (χ1v) is 7.03. The second-order valence-electron chi connectivity index (χ2n) is 6.02. The van der Waals surface area contributed by atoms with Crippen molar-refractivity contribution in [1.29, 1.82) is 0 Å². The van der Waals surface area contributed by atoms with E-state index in [1.165, 1.54) is 6.07 Å². The molecule has 4 heteroatoms. The van der Waals surface area contributed by atoms with Crippen LogP contribution in [-0.2, 0) is 4.74 Å². The molecule has 1 aromatic carbocycles. The number of halogens is 1. The lowest BCUT2D eigenvalue weighted by atomic mass is 10.0. The van der Waals surface area contributed by atoms with E-state index in [-0.39, 0.29) is 17.2 Å². The Hall–Kier alpha value is -1.26. The van der Waals surface area contributed by atoms with Crippen molar-refractivity contribution in [2.24, 2.45) is 0 Å². The first-order valence-electron chi connectivity index (χ1n) is 7.03. The van der Waals surface area contributed by atoms with Crippen LogP contribution in [0.15, 0.2) is 18.2 Å². The van der Waals surface area contributed by atoms with Gasteiger partial charge in [-0.1, -0.05) is 12.1 Å². The molecule has 1 aliphatic rings. The predicted octanol–water partition coefficient (Wildman–Crippen LogP) is 2.82. The molecule has 0 bridgehead atoms. The Morgan fingerprint density at radius 3 is 2.85 bits per heavy atom. The second-order valence-corrected chi connectivity index (χ2v) is 6.02. The highest BCUT2D eigenvalue weighted by molar-refractivity contribution is 5.96. The minimum Gasteiger partial charge on any atom is -0.373 e. The molecule has 1 fully saturated rings. The summed E-state index contributed by atoms with van der Waals surface area (Å²) in [5.74, 6) is -0.323. The van der Waals surface area contributed by atoms with Gasteiger partial charge in [0.15, 0.2) is 5.78 Å². The van der Waals surface area contributed by atoms with Gasteiger partial charge in [-0.15, -0.1) is 0 Å². The van der Waals surface area contributed by atoms with E-state index < -0.39 is 0 Å². The van der Waals surface area contributed by atoms with Crippen molar-refractivity contribution in [3.05, 3.63) is 35.1 Å². The fourth-order valence-electron chi connectivity index (χ4n) is 2.48. The number of rotatable bonds is 4. The lowest BCUT2D eigenvalue weighted by Gasteiger charge is -2.38. The summed E-state index contributed by atoms with van der Waals surface area (Å²) in [4.78, 5) is 14.3. The van der Waals surface area contributed by atoms with E-state index in [0.29, 0.717) is 30.7 Å². The molecule has 0 aromatic heterocycles. The van der Waals surface area contributed by atoms with Gasteiger partial charge in [0.05, 0.1) is 12.2 Å². The number of Topliss-reactive ketones (excluding diaryl/α,β-unsaturated/α-hetero) is 1. The molecule has 110 valence electrons. The van der Waals surface area contributed by atoms with Crippen molar-refractivity contribution in [2.75, 3.05) is 26.2 Å². The zero-order valence-electron chi connectivity index (χ0n) is 12.4. The van der Waals surface area contributed by atoms with Crippen molar-refractivity contribution in [2.45, 2.75) is 32.8 Å². The first-order chi connectivity index (χ1) is 9.37. The van der Waals surface area contributed by atoms with Gasteiger partial charge in [-0.05, 0) is 32.4 Å². The highest BCUT2D eigenvalue weighted by atomic mass is 19.1. The summed E-state index contributed by atoms with van der Waals surface area (Å²) in [6, 6.07) is 4.69. The molecule has 1 aromatic rings. The Labute approximate surface area is 119 Å². The van der Waals surface area contributed by atoms with Gasteiger partial charge in [-0.25, -0.2) is 4.39 Å². The maximum Gasteiger partial charge on any atom is 0.164 e. The van der Waals surface area contributed by atoms with Gasteiger partial charge in [0, 0.05) is 31.6 Å². The van der Waals surface area contributed by atoms with Gasteiger partial charge >= 0.3 is 0 Å². The molecule has 1 aliphatic heterocycles. The van der Waals surface area contributed by atoms with Gasteiger partial charge in [-0.2, -0.15) is 0 Å². The summed E-state index contributed by atoms with van der Waals surface area (Å²) >= 11 is 0. The molecule has 1 saturated heterocycles. The quantitative estimate of drug-likeness (QED) is 0.794. The maximum absolute atomic E-state index is 13.5. The zero-order chi connectivity index (χ0) is 14.8.